The van der Waals surface area contributed by atoms with Crippen LogP contribution in [0.1, 0.15) is 76.1 Å². The average molecular weight is 648 g/mol. The minimum Gasteiger partial charge on any atom is -0.477 e. The van der Waals surface area contributed by atoms with Crippen molar-refractivity contribution in [2.24, 2.45) is 5.41 Å². The molecule has 11 nitrogen and oxygen atoms in total. The van der Waals surface area contributed by atoms with E-state index in [0.717, 1.165) is 25.7 Å². The molecule has 3 aromatic rings. The fourth-order valence-electron chi connectivity index (χ4n) is 6.49. The molecule has 0 radical (unpaired) electrons. The Morgan fingerprint density at radius 1 is 1.00 bits per heavy atom. The highest BCUT2D eigenvalue weighted by Crippen LogP contribution is 2.59. The Bertz CT molecular complexity index is 1720. The van der Waals surface area contributed by atoms with E-state index in [1.165, 1.54) is 28.9 Å². The Hall–Kier alpha value is -3.88. The van der Waals surface area contributed by atoms with Gasteiger partial charge in [-0.05, 0) is 90.0 Å². The van der Waals surface area contributed by atoms with Crippen LogP contribution in [0.15, 0.2) is 47.6 Å². The molecule has 6 rings (SSSR count). The summed E-state index contributed by atoms with van der Waals surface area (Å²) in [7, 11) is -4.31. The van der Waals surface area contributed by atoms with E-state index in [1.807, 2.05) is 0 Å². The maximum atomic E-state index is 13.7. The van der Waals surface area contributed by atoms with Crippen molar-refractivity contribution in [3.8, 4) is 11.7 Å². The lowest BCUT2D eigenvalue weighted by Gasteiger charge is -2.44. The molecule has 1 saturated carbocycles. The van der Waals surface area contributed by atoms with Crippen molar-refractivity contribution in [3.05, 3.63) is 48.2 Å². The molecule has 242 valence electrons. The summed E-state index contributed by atoms with van der Waals surface area (Å²) in [5, 5.41) is 7.27. The molecule has 3 aliphatic rings. The first kappa shape index (κ1) is 31.1. The van der Waals surface area contributed by atoms with E-state index in [4.69, 9.17) is 9.72 Å². The van der Waals surface area contributed by atoms with Crippen molar-refractivity contribution in [3.63, 3.8) is 0 Å². The number of rotatable bonds is 5. The number of pyridine rings is 2. The molecule has 2 fully saturated rings. The minimum atomic E-state index is -4.31. The molecule has 0 spiro atoms. The predicted molar refractivity (Wildman–Crippen MR) is 160 cm³/mol. The van der Waals surface area contributed by atoms with Gasteiger partial charge in [-0.15, -0.1) is 5.10 Å². The number of hydrogen-bond acceptors (Lipinski definition) is 9. The molecule has 1 unspecified atom stereocenters. The Balaban J connectivity index is 1.35. The van der Waals surface area contributed by atoms with Gasteiger partial charge in [-0.25, -0.2) is 19.4 Å². The van der Waals surface area contributed by atoms with Crippen LogP contribution >= 0.6 is 0 Å². The smallest absolute Gasteiger partial charge is 0.394 e. The molecule has 45 heavy (non-hydrogen) atoms. The van der Waals surface area contributed by atoms with E-state index in [0.29, 0.717) is 24.0 Å². The SMILES string of the molecule is CC1(C)CCC2(C)CCCNc3cccc(n3)S(=O)(=O)NC(=O)c3ccc(-n4ccc(OCCC5(C(F)(F)F)CC5)n4)nc3N12. The number of carbonyl (C=O) groups excluding carboxylic acids is 1. The van der Waals surface area contributed by atoms with Crippen LogP contribution in [-0.2, 0) is 10.0 Å². The van der Waals surface area contributed by atoms with Crippen molar-refractivity contribution in [2.75, 3.05) is 23.4 Å². The molecule has 1 atom stereocenters. The fraction of sp³-hybridized carbons (Fsp3) is 0.533. The summed E-state index contributed by atoms with van der Waals surface area (Å²) < 4.78 is 75.5. The van der Waals surface area contributed by atoms with Gasteiger partial charge in [0.2, 0.25) is 5.88 Å². The number of sulfonamides is 1. The van der Waals surface area contributed by atoms with Gasteiger partial charge in [0.25, 0.3) is 15.9 Å². The average Bonchev–Trinajstić information content (AvgIpc) is 3.56. The lowest BCUT2D eigenvalue weighted by molar-refractivity contribution is -0.190. The Kier molecular flexibility index (Phi) is 7.52. The van der Waals surface area contributed by atoms with Gasteiger partial charge in [-0.2, -0.15) is 21.6 Å². The Morgan fingerprint density at radius 3 is 2.51 bits per heavy atom. The van der Waals surface area contributed by atoms with Crippen LogP contribution in [-0.4, -0.2) is 64.5 Å². The van der Waals surface area contributed by atoms with Crippen molar-refractivity contribution < 1.29 is 31.1 Å². The number of alkyl halides is 3. The van der Waals surface area contributed by atoms with E-state index >= 15 is 0 Å². The van der Waals surface area contributed by atoms with Crippen LogP contribution in [0.25, 0.3) is 5.82 Å². The largest absolute Gasteiger partial charge is 0.477 e. The number of nitrogens with zero attached hydrogens (tertiary/aromatic N) is 5. The third kappa shape index (κ3) is 5.93. The van der Waals surface area contributed by atoms with Crippen LogP contribution in [0.4, 0.5) is 24.8 Å². The minimum absolute atomic E-state index is 0.0698. The highest BCUT2D eigenvalue weighted by Gasteiger charge is 2.62. The number of aromatic nitrogens is 4. The third-order valence-corrected chi connectivity index (χ3v) is 10.5. The Labute approximate surface area is 259 Å². The second-order valence-electron chi connectivity index (χ2n) is 13.0. The summed E-state index contributed by atoms with van der Waals surface area (Å²) in [5.41, 5.74) is -2.45. The van der Waals surface area contributed by atoms with E-state index in [1.54, 1.807) is 18.3 Å². The number of amides is 1. The summed E-state index contributed by atoms with van der Waals surface area (Å²) in [6.45, 7) is 6.68. The highest BCUT2D eigenvalue weighted by molar-refractivity contribution is 7.90. The monoisotopic (exact) mass is 647 g/mol. The van der Waals surface area contributed by atoms with Gasteiger partial charge in [0.1, 0.15) is 11.6 Å². The molecule has 3 aromatic heterocycles. The van der Waals surface area contributed by atoms with Crippen molar-refractivity contribution in [1.82, 2.24) is 24.5 Å². The summed E-state index contributed by atoms with van der Waals surface area (Å²) in [6.07, 6.45) is 0.521. The standard InChI is InChI=1S/C30H36F3N7O4S/c1-27(2)12-13-28(3)11-5-17-34-21-6-4-7-24(35-21)45(42,43)38-26(41)20-8-9-22(36-25(20)40(27)28)39-18-10-23(37-39)44-19-16-29(14-15-29)30(31,32)33/h4,6-10,18H,5,11-17,19H2,1-3H3,(H,34,35)(H,38,41). The quantitative estimate of drug-likeness (QED) is 0.382. The van der Waals surface area contributed by atoms with E-state index in [2.05, 4.69) is 45.8 Å². The molecular formula is C30H36F3N7O4S. The normalized spacial score (nSPS) is 23.6. The molecule has 1 amide bonds. The number of anilines is 2. The first-order chi connectivity index (χ1) is 21.1. The summed E-state index contributed by atoms with van der Waals surface area (Å²) >= 11 is 0. The molecule has 2 N–H and O–H groups in total. The van der Waals surface area contributed by atoms with E-state index < -0.39 is 38.6 Å². The maximum absolute atomic E-state index is 13.7. The van der Waals surface area contributed by atoms with E-state index in [9.17, 15) is 26.4 Å². The summed E-state index contributed by atoms with van der Waals surface area (Å²) in [4.78, 5) is 24.9. The van der Waals surface area contributed by atoms with Gasteiger partial charge < -0.3 is 15.0 Å². The van der Waals surface area contributed by atoms with Crippen LogP contribution in [0.2, 0.25) is 0 Å². The second-order valence-corrected chi connectivity index (χ2v) is 14.6. The van der Waals surface area contributed by atoms with Crippen molar-refractivity contribution in [1.29, 1.82) is 0 Å². The van der Waals surface area contributed by atoms with Gasteiger partial charge in [0.05, 0.1) is 17.6 Å². The first-order valence-electron chi connectivity index (χ1n) is 15.0. The van der Waals surface area contributed by atoms with Crippen molar-refractivity contribution >= 4 is 27.6 Å². The molecule has 2 aliphatic heterocycles. The lowest BCUT2D eigenvalue weighted by Crippen LogP contribution is -2.52. The summed E-state index contributed by atoms with van der Waals surface area (Å²) in [6, 6.07) is 9.15. The Morgan fingerprint density at radius 2 is 1.78 bits per heavy atom. The van der Waals surface area contributed by atoms with Crippen molar-refractivity contribution in [2.45, 2.75) is 88.0 Å². The van der Waals surface area contributed by atoms with Gasteiger partial charge >= 0.3 is 6.18 Å². The lowest BCUT2D eigenvalue weighted by atomic mass is 9.92. The molecular weight excluding hydrogens is 611 g/mol. The van der Waals surface area contributed by atoms with E-state index in [-0.39, 0.29) is 42.3 Å². The van der Waals surface area contributed by atoms with Gasteiger partial charge in [-0.1, -0.05) is 6.07 Å². The fourth-order valence-corrected chi connectivity index (χ4v) is 7.42. The maximum Gasteiger partial charge on any atom is 0.394 e. The van der Waals surface area contributed by atoms with Gasteiger partial charge in [-0.3, -0.25) is 4.79 Å². The predicted octanol–water partition coefficient (Wildman–Crippen LogP) is 5.24. The second kappa shape index (κ2) is 10.9. The number of ether oxygens (including phenoxy) is 1. The van der Waals surface area contributed by atoms with Crippen LogP contribution in [0, 0.1) is 5.41 Å². The number of carbonyl (C=O) groups is 1. The van der Waals surface area contributed by atoms with Crippen LogP contribution < -0.4 is 19.7 Å². The van der Waals surface area contributed by atoms with Crippen LogP contribution in [0.5, 0.6) is 5.88 Å². The van der Waals surface area contributed by atoms with Gasteiger partial charge in [0, 0.05) is 29.9 Å². The highest BCUT2D eigenvalue weighted by atomic mass is 32.2. The molecule has 1 aliphatic carbocycles. The summed E-state index contributed by atoms with van der Waals surface area (Å²) in [5.74, 6) is 0.325. The number of fused-ring (bicyclic) bond motifs is 5. The first-order valence-corrected chi connectivity index (χ1v) is 16.5. The topological polar surface area (TPSA) is 131 Å². The number of nitrogens with one attached hydrogen (secondary N) is 2. The zero-order chi connectivity index (χ0) is 32.3. The zero-order valence-corrected chi connectivity index (χ0v) is 26.1. The molecule has 15 heteroatoms. The zero-order valence-electron chi connectivity index (χ0n) is 25.3. The number of hydrogen-bond donors (Lipinski definition) is 2. The number of halogens is 3. The molecule has 2 bridgehead atoms. The third-order valence-electron chi connectivity index (χ3n) is 9.25. The molecule has 5 heterocycles. The molecule has 0 aromatic carbocycles. The van der Waals surface area contributed by atoms with Crippen LogP contribution in [0.3, 0.4) is 0 Å². The molecule has 1 saturated heterocycles. The van der Waals surface area contributed by atoms with Gasteiger partial charge in [0.15, 0.2) is 10.8 Å².